The Morgan fingerprint density at radius 1 is 1.23 bits per heavy atom. The number of piperidine rings is 1. The van der Waals surface area contributed by atoms with E-state index < -0.39 is 0 Å². The van der Waals surface area contributed by atoms with E-state index in [1.54, 1.807) is 0 Å². The van der Waals surface area contributed by atoms with E-state index in [1.807, 2.05) is 11.0 Å². The average Bonchev–Trinajstić information content (AvgIpc) is 2.54. The Bertz CT molecular complexity index is 514. The first kappa shape index (κ1) is 15.5. The summed E-state index contributed by atoms with van der Waals surface area (Å²) in [6, 6.07) is 10.4. The Hall–Kier alpha value is -1.39. The average molecular weight is 301 g/mol. The van der Waals surface area contributed by atoms with Crippen molar-refractivity contribution in [2.45, 2.75) is 44.2 Å². The molecule has 0 spiro atoms. The molecule has 1 aromatic carbocycles. The molecular formula is C18H27N3O. The zero-order valence-corrected chi connectivity index (χ0v) is 13.6. The number of carbonyl (C=O) groups is 1. The monoisotopic (exact) mass is 301 g/mol. The lowest BCUT2D eigenvalue weighted by Gasteiger charge is -2.42. The largest absolute Gasteiger partial charge is 0.338 e. The van der Waals surface area contributed by atoms with Crippen LogP contribution in [0.15, 0.2) is 30.3 Å². The molecule has 0 aliphatic carbocycles. The van der Waals surface area contributed by atoms with Crippen LogP contribution < -0.4 is 10.6 Å². The summed E-state index contributed by atoms with van der Waals surface area (Å²) in [6.45, 7) is 7.73. The summed E-state index contributed by atoms with van der Waals surface area (Å²) in [4.78, 5) is 15.1. The predicted octanol–water partition coefficient (Wildman–Crippen LogP) is 1.73. The lowest BCUT2D eigenvalue weighted by Crippen LogP contribution is -2.62. The van der Waals surface area contributed by atoms with Gasteiger partial charge < -0.3 is 15.5 Å². The van der Waals surface area contributed by atoms with Gasteiger partial charge in [-0.05, 0) is 38.8 Å². The van der Waals surface area contributed by atoms with Crippen molar-refractivity contribution in [3.63, 3.8) is 0 Å². The maximum atomic E-state index is 13.1. The van der Waals surface area contributed by atoms with Gasteiger partial charge in [-0.3, -0.25) is 4.79 Å². The highest BCUT2D eigenvalue weighted by molar-refractivity contribution is 5.83. The molecule has 0 bridgehead atoms. The van der Waals surface area contributed by atoms with Crippen LogP contribution in [0.1, 0.15) is 38.2 Å². The van der Waals surface area contributed by atoms with Gasteiger partial charge in [-0.25, -0.2) is 0 Å². The van der Waals surface area contributed by atoms with Gasteiger partial charge in [0.25, 0.3) is 0 Å². The van der Waals surface area contributed by atoms with Crippen LogP contribution in [0.2, 0.25) is 0 Å². The summed E-state index contributed by atoms with van der Waals surface area (Å²) < 4.78 is 0. The summed E-state index contributed by atoms with van der Waals surface area (Å²) in [6.07, 6.45) is 2.22. The van der Waals surface area contributed by atoms with Crippen molar-refractivity contribution >= 4 is 5.91 Å². The van der Waals surface area contributed by atoms with Crippen LogP contribution in [0, 0.1) is 0 Å². The molecule has 2 N–H and O–H groups in total. The van der Waals surface area contributed by atoms with E-state index in [9.17, 15) is 4.79 Å². The fraction of sp³-hybridized carbons (Fsp3) is 0.611. The highest BCUT2D eigenvalue weighted by atomic mass is 16.2. The molecule has 2 heterocycles. The maximum Gasteiger partial charge on any atom is 0.240 e. The Kier molecular flexibility index (Phi) is 4.50. The van der Waals surface area contributed by atoms with E-state index in [-0.39, 0.29) is 17.5 Å². The van der Waals surface area contributed by atoms with Crippen molar-refractivity contribution in [1.82, 2.24) is 15.5 Å². The minimum atomic E-state index is -0.0787. The molecule has 0 aromatic heterocycles. The fourth-order valence-corrected chi connectivity index (χ4v) is 3.73. The molecule has 4 heteroatoms. The van der Waals surface area contributed by atoms with E-state index in [1.165, 1.54) is 5.56 Å². The van der Waals surface area contributed by atoms with Crippen molar-refractivity contribution < 1.29 is 4.79 Å². The minimum absolute atomic E-state index is 0.00478. The molecule has 4 nitrogen and oxygen atoms in total. The molecule has 120 valence electrons. The second-order valence-corrected chi connectivity index (χ2v) is 7.16. The van der Waals surface area contributed by atoms with Crippen LogP contribution >= 0.6 is 0 Å². The highest BCUT2D eigenvalue weighted by Gasteiger charge is 2.37. The third-order valence-corrected chi connectivity index (χ3v) is 4.84. The number of amides is 1. The number of nitrogens with one attached hydrogen (secondary N) is 2. The number of carbonyl (C=O) groups excluding carboxylic acids is 1. The maximum absolute atomic E-state index is 13.1. The van der Waals surface area contributed by atoms with Gasteiger partial charge in [-0.15, -0.1) is 0 Å². The standard InChI is InChI=1S/C18H27N3O/c1-18(2)13-21(12-11-20-18)17(22)16-15(9-6-10-19-16)14-7-4-3-5-8-14/h3-5,7-8,15-16,19-20H,6,9-13H2,1-2H3. The van der Waals surface area contributed by atoms with Crippen LogP contribution in [0.3, 0.4) is 0 Å². The number of rotatable bonds is 2. The first-order chi connectivity index (χ1) is 10.6. The Balaban J connectivity index is 1.77. The molecule has 2 saturated heterocycles. The van der Waals surface area contributed by atoms with Gasteiger partial charge in [0.05, 0.1) is 6.04 Å². The number of hydrogen-bond donors (Lipinski definition) is 2. The Morgan fingerprint density at radius 3 is 2.73 bits per heavy atom. The third-order valence-electron chi connectivity index (χ3n) is 4.84. The van der Waals surface area contributed by atoms with Crippen LogP contribution in [-0.4, -0.2) is 48.6 Å². The molecule has 2 aliphatic heterocycles. The topological polar surface area (TPSA) is 44.4 Å². The summed E-state index contributed by atoms with van der Waals surface area (Å²) in [5.41, 5.74) is 1.28. The molecule has 2 fully saturated rings. The summed E-state index contributed by atoms with van der Waals surface area (Å²) >= 11 is 0. The van der Waals surface area contributed by atoms with Crippen molar-refractivity contribution in [2.75, 3.05) is 26.2 Å². The van der Waals surface area contributed by atoms with Crippen molar-refractivity contribution in [1.29, 1.82) is 0 Å². The van der Waals surface area contributed by atoms with Gasteiger partial charge in [0, 0.05) is 31.1 Å². The zero-order chi connectivity index (χ0) is 15.6. The van der Waals surface area contributed by atoms with E-state index >= 15 is 0 Å². The van der Waals surface area contributed by atoms with Crippen molar-refractivity contribution in [2.24, 2.45) is 0 Å². The van der Waals surface area contributed by atoms with E-state index in [4.69, 9.17) is 0 Å². The van der Waals surface area contributed by atoms with Gasteiger partial charge in [-0.2, -0.15) is 0 Å². The normalized spacial score (nSPS) is 28.4. The first-order valence-electron chi connectivity index (χ1n) is 8.39. The van der Waals surface area contributed by atoms with E-state index in [0.717, 1.165) is 39.0 Å². The number of hydrogen-bond acceptors (Lipinski definition) is 3. The summed E-state index contributed by atoms with van der Waals surface area (Å²) in [5, 5.41) is 6.96. The van der Waals surface area contributed by atoms with E-state index in [2.05, 4.69) is 48.7 Å². The second-order valence-electron chi connectivity index (χ2n) is 7.16. The molecular weight excluding hydrogens is 274 g/mol. The van der Waals surface area contributed by atoms with Crippen molar-refractivity contribution in [3.05, 3.63) is 35.9 Å². The SMILES string of the molecule is CC1(C)CN(C(=O)C2NCCCC2c2ccccc2)CCN1. The molecule has 2 atom stereocenters. The zero-order valence-electron chi connectivity index (χ0n) is 13.6. The molecule has 0 saturated carbocycles. The molecule has 0 radical (unpaired) electrons. The van der Waals surface area contributed by atoms with Gasteiger partial charge in [0.2, 0.25) is 5.91 Å². The smallest absolute Gasteiger partial charge is 0.240 e. The Labute approximate surface area is 133 Å². The minimum Gasteiger partial charge on any atom is -0.338 e. The van der Waals surface area contributed by atoms with Gasteiger partial charge >= 0.3 is 0 Å². The van der Waals surface area contributed by atoms with Crippen LogP contribution in [-0.2, 0) is 4.79 Å². The van der Waals surface area contributed by atoms with Crippen LogP contribution in [0.25, 0.3) is 0 Å². The number of benzene rings is 1. The Morgan fingerprint density at radius 2 is 2.00 bits per heavy atom. The van der Waals surface area contributed by atoms with Gasteiger partial charge in [-0.1, -0.05) is 30.3 Å². The third kappa shape index (κ3) is 3.33. The van der Waals surface area contributed by atoms with Gasteiger partial charge in [0.1, 0.15) is 0 Å². The lowest BCUT2D eigenvalue weighted by atomic mass is 9.83. The second kappa shape index (κ2) is 6.39. The molecule has 22 heavy (non-hydrogen) atoms. The quantitative estimate of drug-likeness (QED) is 0.874. The summed E-state index contributed by atoms with van der Waals surface area (Å²) in [5.74, 6) is 0.559. The van der Waals surface area contributed by atoms with Crippen LogP contribution in [0.4, 0.5) is 0 Å². The lowest BCUT2D eigenvalue weighted by molar-refractivity contribution is -0.136. The predicted molar refractivity (Wildman–Crippen MR) is 88.9 cm³/mol. The van der Waals surface area contributed by atoms with Gasteiger partial charge in [0.15, 0.2) is 0 Å². The molecule has 1 aromatic rings. The molecule has 2 aliphatic rings. The molecule has 1 amide bonds. The number of nitrogens with zero attached hydrogens (tertiary/aromatic N) is 1. The van der Waals surface area contributed by atoms with Crippen molar-refractivity contribution in [3.8, 4) is 0 Å². The van der Waals surface area contributed by atoms with E-state index in [0.29, 0.717) is 5.92 Å². The molecule has 2 unspecified atom stereocenters. The fourth-order valence-electron chi connectivity index (χ4n) is 3.73. The van der Waals surface area contributed by atoms with Crippen LogP contribution in [0.5, 0.6) is 0 Å². The highest BCUT2D eigenvalue weighted by Crippen LogP contribution is 2.29. The first-order valence-corrected chi connectivity index (χ1v) is 8.39. The summed E-state index contributed by atoms with van der Waals surface area (Å²) in [7, 11) is 0. The molecule has 3 rings (SSSR count). The number of piperazine rings is 1.